The quantitative estimate of drug-likeness (QED) is 0.411. The van der Waals surface area contributed by atoms with Crippen LogP contribution < -0.4 is 0 Å². The number of hydrogen-bond acceptors (Lipinski definition) is 8. The number of fused-ring (bicyclic) bond motifs is 1. The van der Waals surface area contributed by atoms with Crippen molar-refractivity contribution >= 4 is 17.8 Å². The van der Waals surface area contributed by atoms with Gasteiger partial charge in [0.2, 0.25) is 5.91 Å². The van der Waals surface area contributed by atoms with Gasteiger partial charge in [0, 0.05) is 39.0 Å². The van der Waals surface area contributed by atoms with Crippen LogP contribution in [0.25, 0.3) is 0 Å². The molecule has 1 amide bonds. The number of amides is 1. The van der Waals surface area contributed by atoms with Crippen molar-refractivity contribution in [1.29, 1.82) is 0 Å². The first-order valence-electron chi connectivity index (χ1n) is 13.5. The molecular formula is C30H41NO8. The van der Waals surface area contributed by atoms with Gasteiger partial charge in [-0.25, -0.2) is 9.59 Å². The maximum absolute atomic E-state index is 13.1. The SMILES string of the molecule is COC1COC(=O)[C@H](OCc2ccccc2)/C=C/[C@@H](C)[C@H](OC)COC(=O)[C@@H]2CCCN2C(=O)C/C=C/[C@H]1C. The predicted molar refractivity (Wildman–Crippen MR) is 144 cm³/mol. The number of cyclic esters (lactones) is 2. The standard InChI is InChI=1S/C30H41NO8/c1-21-10-8-14-28(32)31-17-9-13-24(31)29(33)38-19-27(36-4)22(2)15-16-25(30(34)39-20-26(21)35-3)37-18-23-11-6-5-7-12-23/h5-8,10-12,15-16,21-22,24-27H,9,13-14,17-20H2,1-4H3/b10-8+,16-15+/t21-,22-,24+,25-,26?,27-/m1/s1. The third-order valence-electron chi connectivity index (χ3n) is 7.23. The number of rotatable bonds is 5. The Bertz CT molecular complexity index is 994. The summed E-state index contributed by atoms with van der Waals surface area (Å²) in [6.45, 7) is 4.63. The van der Waals surface area contributed by atoms with Gasteiger partial charge in [0.25, 0.3) is 0 Å². The topological polar surface area (TPSA) is 101 Å². The lowest BCUT2D eigenvalue weighted by Gasteiger charge is -2.25. The molecule has 1 saturated heterocycles. The third kappa shape index (κ3) is 9.02. The Kier molecular flexibility index (Phi) is 12.2. The highest BCUT2D eigenvalue weighted by Crippen LogP contribution is 2.21. The minimum absolute atomic E-state index is 0.0201. The first-order chi connectivity index (χ1) is 18.8. The average molecular weight is 544 g/mol. The smallest absolute Gasteiger partial charge is 0.339 e. The van der Waals surface area contributed by atoms with Crippen LogP contribution in [0.4, 0.5) is 0 Å². The summed E-state index contributed by atoms with van der Waals surface area (Å²) in [4.78, 5) is 40.4. The summed E-state index contributed by atoms with van der Waals surface area (Å²) in [6, 6.07) is 8.96. The fraction of sp³-hybridized carbons (Fsp3) is 0.567. The lowest BCUT2D eigenvalue weighted by atomic mass is 10.0. The first kappa shape index (κ1) is 30.5. The molecule has 0 N–H and O–H groups in total. The summed E-state index contributed by atoms with van der Waals surface area (Å²) in [5.74, 6) is -1.44. The first-order valence-corrected chi connectivity index (χ1v) is 13.5. The molecule has 0 aliphatic carbocycles. The minimum atomic E-state index is -0.956. The molecule has 1 unspecified atom stereocenters. The largest absolute Gasteiger partial charge is 0.461 e. The number of esters is 2. The molecule has 0 saturated carbocycles. The Morgan fingerprint density at radius 1 is 0.872 bits per heavy atom. The monoisotopic (exact) mass is 543 g/mol. The molecule has 9 heteroatoms. The van der Waals surface area contributed by atoms with Gasteiger partial charge in [-0.3, -0.25) is 4.79 Å². The van der Waals surface area contributed by atoms with Crippen LogP contribution in [-0.4, -0.2) is 81.1 Å². The van der Waals surface area contributed by atoms with E-state index in [4.69, 9.17) is 23.7 Å². The van der Waals surface area contributed by atoms with Crippen LogP contribution in [0.5, 0.6) is 0 Å². The van der Waals surface area contributed by atoms with E-state index >= 15 is 0 Å². The minimum Gasteiger partial charge on any atom is -0.461 e. The number of carbonyl (C=O) groups excluding carboxylic acids is 3. The van der Waals surface area contributed by atoms with Crippen LogP contribution in [0, 0.1) is 11.8 Å². The molecule has 0 spiro atoms. The zero-order chi connectivity index (χ0) is 28.2. The van der Waals surface area contributed by atoms with E-state index in [9.17, 15) is 14.4 Å². The molecule has 9 nitrogen and oxygen atoms in total. The molecular weight excluding hydrogens is 502 g/mol. The fourth-order valence-corrected chi connectivity index (χ4v) is 4.67. The fourth-order valence-electron chi connectivity index (χ4n) is 4.67. The Labute approximate surface area is 231 Å². The van der Waals surface area contributed by atoms with E-state index in [1.165, 1.54) is 0 Å². The van der Waals surface area contributed by atoms with Gasteiger partial charge in [0.1, 0.15) is 19.3 Å². The van der Waals surface area contributed by atoms with E-state index in [1.807, 2.05) is 50.3 Å². The Morgan fingerprint density at radius 2 is 1.51 bits per heavy atom. The molecule has 214 valence electrons. The van der Waals surface area contributed by atoms with Crippen molar-refractivity contribution < 1.29 is 38.1 Å². The third-order valence-corrected chi connectivity index (χ3v) is 7.23. The van der Waals surface area contributed by atoms with Crippen molar-refractivity contribution in [2.45, 2.75) is 64.1 Å². The molecule has 0 bridgehead atoms. The Morgan fingerprint density at radius 3 is 2.18 bits per heavy atom. The second kappa shape index (κ2) is 15.5. The summed E-state index contributed by atoms with van der Waals surface area (Å²) in [5, 5.41) is 0. The summed E-state index contributed by atoms with van der Waals surface area (Å²) < 4.78 is 28.3. The van der Waals surface area contributed by atoms with Gasteiger partial charge >= 0.3 is 11.9 Å². The Hall–Kier alpha value is -3.01. The molecule has 2 aliphatic heterocycles. The van der Waals surface area contributed by atoms with E-state index in [-0.39, 0.29) is 44.0 Å². The molecule has 2 heterocycles. The van der Waals surface area contributed by atoms with Crippen LogP contribution in [0.1, 0.15) is 38.7 Å². The number of hydrogen-bond donors (Lipinski definition) is 0. The van der Waals surface area contributed by atoms with Crippen LogP contribution >= 0.6 is 0 Å². The lowest BCUT2D eigenvalue weighted by Crippen LogP contribution is -2.42. The number of methoxy groups -OCH3 is 2. The van der Waals surface area contributed by atoms with Crippen molar-refractivity contribution in [3.63, 3.8) is 0 Å². The molecule has 1 aromatic rings. The highest BCUT2D eigenvalue weighted by Gasteiger charge is 2.35. The van der Waals surface area contributed by atoms with Crippen molar-refractivity contribution in [2.75, 3.05) is 34.0 Å². The van der Waals surface area contributed by atoms with Gasteiger partial charge in [0.05, 0.1) is 18.8 Å². The molecule has 1 fully saturated rings. The average Bonchev–Trinajstić information content (AvgIpc) is 3.44. The highest BCUT2D eigenvalue weighted by molar-refractivity contribution is 5.85. The second-order valence-corrected chi connectivity index (χ2v) is 10.0. The summed E-state index contributed by atoms with van der Waals surface area (Å²) in [6.07, 6.45) is 6.75. The lowest BCUT2D eigenvalue weighted by molar-refractivity contribution is -0.159. The molecule has 0 aromatic heterocycles. The van der Waals surface area contributed by atoms with Gasteiger partial charge in [-0.1, -0.05) is 62.4 Å². The van der Waals surface area contributed by atoms with Crippen LogP contribution in [0.2, 0.25) is 0 Å². The Balaban J connectivity index is 1.81. The highest BCUT2D eigenvalue weighted by atomic mass is 16.6. The number of carbonyl (C=O) groups is 3. The molecule has 3 rings (SSSR count). The van der Waals surface area contributed by atoms with Crippen molar-refractivity contribution in [3.05, 3.63) is 60.2 Å². The molecule has 2 aliphatic rings. The van der Waals surface area contributed by atoms with Crippen LogP contribution in [0.3, 0.4) is 0 Å². The molecule has 39 heavy (non-hydrogen) atoms. The molecule has 1 aromatic carbocycles. The molecule has 6 atom stereocenters. The van der Waals surface area contributed by atoms with E-state index in [1.54, 1.807) is 37.3 Å². The second-order valence-electron chi connectivity index (χ2n) is 10.0. The van der Waals surface area contributed by atoms with E-state index < -0.39 is 36.3 Å². The van der Waals surface area contributed by atoms with Crippen molar-refractivity contribution in [2.24, 2.45) is 11.8 Å². The zero-order valence-corrected chi connectivity index (χ0v) is 23.3. The normalized spacial score (nSPS) is 31.3. The van der Waals surface area contributed by atoms with E-state index in [2.05, 4.69) is 0 Å². The van der Waals surface area contributed by atoms with Crippen LogP contribution in [-0.2, 0) is 44.7 Å². The van der Waals surface area contributed by atoms with Crippen molar-refractivity contribution in [1.82, 2.24) is 4.90 Å². The maximum atomic E-state index is 13.1. The van der Waals surface area contributed by atoms with Gasteiger partial charge in [0.15, 0.2) is 6.10 Å². The van der Waals surface area contributed by atoms with Gasteiger partial charge < -0.3 is 28.6 Å². The predicted octanol–water partition coefficient (Wildman–Crippen LogP) is 3.47. The zero-order valence-electron chi connectivity index (χ0n) is 23.3. The number of nitrogens with zero attached hydrogens (tertiary/aromatic N) is 1. The van der Waals surface area contributed by atoms with E-state index in [0.29, 0.717) is 13.0 Å². The van der Waals surface area contributed by atoms with Crippen molar-refractivity contribution in [3.8, 4) is 0 Å². The maximum Gasteiger partial charge on any atom is 0.339 e. The summed E-state index contributed by atoms with van der Waals surface area (Å²) in [5.41, 5.74) is 0.924. The summed E-state index contributed by atoms with van der Waals surface area (Å²) in [7, 11) is 3.10. The van der Waals surface area contributed by atoms with Gasteiger partial charge in [-0.2, -0.15) is 0 Å². The van der Waals surface area contributed by atoms with Gasteiger partial charge in [-0.15, -0.1) is 0 Å². The molecule has 0 radical (unpaired) electrons. The number of benzene rings is 1. The summed E-state index contributed by atoms with van der Waals surface area (Å²) >= 11 is 0. The number of ether oxygens (including phenoxy) is 5. The van der Waals surface area contributed by atoms with Crippen LogP contribution in [0.15, 0.2) is 54.6 Å². The van der Waals surface area contributed by atoms with E-state index in [0.717, 1.165) is 12.0 Å². The van der Waals surface area contributed by atoms with Gasteiger partial charge in [-0.05, 0) is 24.5 Å².